The normalized spacial score (nSPS) is 24.9. The maximum atomic E-state index is 7.12. The molecule has 22 heavy (non-hydrogen) atoms. The summed E-state index contributed by atoms with van der Waals surface area (Å²) in [5, 5.41) is 0. The van der Waals surface area contributed by atoms with Crippen molar-refractivity contribution >= 4 is 8.32 Å². The summed E-state index contributed by atoms with van der Waals surface area (Å²) in [7, 11) is -1.85. The van der Waals surface area contributed by atoms with Crippen LogP contribution >= 0.6 is 0 Å². The molecule has 0 spiro atoms. The van der Waals surface area contributed by atoms with E-state index in [-0.39, 0.29) is 11.7 Å². The van der Waals surface area contributed by atoms with Gasteiger partial charge in [-0.3, -0.25) is 0 Å². The van der Waals surface area contributed by atoms with E-state index in [2.05, 4.69) is 62.0 Å². The van der Waals surface area contributed by atoms with Crippen LogP contribution in [0.25, 0.3) is 0 Å². The summed E-state index contributed by atoms with van der Waals surface area (Å²) < 4.78 is 12.8. The molecule has 0 unspecified atom stereocenters. The molecule has 0 saturated carbocycles. The summed E-state index contributed by atoms with van der Waals surface area (Å²) in [6, 6.07) is 0. The van der Waals surface area contributed by atoms with Gasteiger partial charge < -0.3 is 9.16 Å². The van der Waals surface area contributed by atoms with Crippen molar-refractivity contribution in [2.75, 3.05) is 0 Å². The van der Waals surface area contributed by atoms with Crippen LogP contribution in [0.2, 0.25) is 16.6 Å². The van der Waals surface area contributed by atoms with Gasteiger partial charge in [-0.25, -0.2) is 0 Å². The predicted molar refractivity (Wildman–Crippen MR) is 98.9 cm³/mol. The van der Waals surface area contributed by atoms with Gasteiger partial charge in [0, 0.05) is 6.42 Å². The van der Waals surface area contributed by atoms with Gasteiger partial charge in [0.2, 0.25) is 8.32 Å². The summed E-state index contributed by atoms with van der Waals surface area (Å²) >= 11 is 0. The topological polar surface area (TPSA) is 21.8 Å². The van der Waals surface area contributed by atoms with E-state index in [1.54, 1.807) is 0 Å². The number of rotatable bonds is 10. The van der Waals surface area contributed by atoms with Gasteiger partial charge in [0.05, 0.1) is 11.7 Å². The largest absolute Gasteiger partial charge is 0.411 e. The van der Waals surface area contributed by atoms with E-state index >= 15 is 0 Å². The first kappa shape index (κ1) is 19.9. The lowest BCUT2D eigenvalue weighted by Crippen LogP contribution is -2.54. The molecule has 3 heteroatoms. The highest BCUT2D eigenvalue weighted by Crippen LogP contribution is 2.47. The highest BCUT2D eigenvalue weighted by molar-refractivity contribution is 6.77. The molecule has 0 aromatic carbocycles. The van der Waals surface area contributed by atoms with Crippen molar-refractivity contribution in [2.24, 2.45) is 0 Å². The fraction of sp³-hybridized carbons (Fsp3) is 0.895. The van der Waals surface area contributed by atoms with Gasteiger partial charge in [0.1, 0.15) is 6.10 Å². The second-order valence-corrected chi connectivity index (χ2v) is 13.6. The monoisotopic (exact) mass is 326 g/mol. The van der Waals surface area contributed by atoms with Gasteiger partial charge in [-0.1, -0.05) is 61.0 Å². The summed E-state index contributed by atoms with van der Waals surface area (Å²) in [5.41, 5.74) is 1.80. The van der Waals surface area contributed by atoms with Gasteiger partial charge in [-0.15, -0.1) is 6.58 Å². The quantitative estimate of drug-likeness (QED) is 0.275. The molecule has 0 bridgehead atoms. The molecule has 1 rings (SSSR count). The van der Waals surface area contributed by atoms with Crippen molar-refractivity contribution in [1.82, 2.24) is 0 Å². The molecular weight excluding hydrogens is 288 g/mol. The van der Waals surface area contributed by atoms with Crippen LogP contribution in [0.3, 0.4) is 0 Å². The van der Waals surface area contributed by atoms with Gasteiger partial charge in [-0.05, 0) is 30.0 Å². The standard InChI is InChI=1S/C19H38O2Si/c1-10-12-19(9,13-18-17(11-2)20-18)21-22(14(3)4,15(5)6)16(7)8/h11,14-18H,2,10,12-13H2,1,3-9H3/t17-,18-,19-/m1/s1. The third kappa shape index (κ3) is 4.24. The molecule has 0 amide bonds. The van der Waals surface area contributed by atoms with E-state index in [0.29, 0.717) is 22.7 Å². The smallest absolute Gasteiger partial charge is 0.201 e. The van der Waals surface area contributed by atoms with E-state index < -0.39 is 8.32 Å². The zero-order valence-electron chi connectivity index (χ0n) is 16.1. The SMILES string of the molecule is C=C[C@H]1O[C@@H]1C[C@@](C)(CCC)O[Si](C(C)C)(C(C)C)C(C)C. The van der Waals surface area contributed by atoms with Gasteiger partial charge in [0.15, 0.2) is 0 Å². The number of epoxide rings is 1. The maximum absolute atomic E-state index is 7.12. The van der Waals surface area contributed by atoms with Crippen LogP contribution in [0, 0.1) is 0 Å². The van der Waals surface area contributed by atoms with Crippen molar-refractivity contribution < 1.29 is 9.16 Å². The summed E-state index contributed by atoms with van der Waals surface area (Å²) in [5.74, 6) is 0. The average Bonchev–Trinajstić information content (AvgIpc) is 3.13. The summed E-state index contributed by atoms with van der Waals surface area (Å²) in [4.78, 5) is 0. The Hall–Kier alpha value is -0.123. The molecule has 2 nitrogen and oxygen atoms in total. The second-order valence-electron chi connectivity index (χ2n) is 8.20. The lowest BCUT2D eigenvalue weighted by Gasteiger charge is -2.48. The number of hydrogen-bond donors (Lipinski definition) is 0. The lowest BCUT2D eigenvalue weighted by atomic mass is 9.94. The molecule has 1 aliphatic heterocycles. The Labute approximate surface area is 139 Å². The Morgan fingerprint density at radius 2 is 1.64 bits per heavy atom. The number of hydrogen-bond acceptors (Lipinski definition) is 2. The molecule has 0 aromatic rings. The maximum Gasteiger partial charge on any atom is 0.201 e. The third-order valence-corrected chi connectivity index (χ3v) is 11.7. The first-order chi connectivity index (χ1) is 10.1. The molecule has 1 fully saturated rings. The van der Waals surface area contributed by atoms with Crippen molar-refractivity contribution in [3.63, 3.8) is 0 Å². The minimum Gasteiger partial charge on any atom is -0.411 e. The van der Waals surface area contributed by atoms with E-state index in [0.717, 1.165) is 19.3 Å². The second kappa shape index (κ2) is 7.63. The van der Waals surface area contributed by atoms with E-state index in [1.165, 1.54) is 0 Å². The minimum atomic E-state index is -1.85. The molecule has 1 heterocycles. The van der Waals surface area contributed by atoms with E-state index in [9.17, 15) is 0 Å². The Balaban J connectivity index is 3.00. The molecular formula is C19H38O2Si. The zero-order chi connectivity index (χ0) is 17.1. The van der Waals surface area contributed by atoms with Gasteiger partial charge in [-0.2, -0.15) is 0 Å². The van der Waals surface area contributed by atoms with Crippen LogP contribution in [0.1, 0.15) is 74.7 Å². The molecule has 3 atom stereocenters. The molecule has 1 saturated heterocycles. The fourth-order valence-electron chi connectivity index (χ4n) is 4.46. The van der Waals surface area contributed by atoms with Crippen LogP contribution in [0.15, 0.2) is 12.7 Å². The molecule has 1 aliphatic rings. The van der Waals surface area contributed by atoms with Gasteiger partial charge in [0.25, 0.3) is 0 Å². The minimum absolute atomic E-state index is 0.0673. The lowest BCUT2D eigenvalue weighted by molar-refractivity contribution is 0.0412. The third-order valence-electron chi connectivity index (χ3n) is 5.40. The predicted octanol–water partition coefficient (Wildman–Crippen LogP) is 6.08. The zero-order valence-corrected chi connectivity index (χ0v) is 17.1. The van der Waals surface area contributed by atoms with Crippen molar-refractivity contribution in [3.05, 3.63) is 12.7 Å². The summed E-state index contributed by atoms with van der Waals surface area (Å²) in [6.07, 6.45) is 5.74. The summed E-state index contributed by atoms with van der Waals surface area (Å²) in [6.45, 7) is 22.6. The molecule has 0 radical (unpaired) electrons. The van der Waals surface area contributed by atoms with Crippen LogP contribution in [-0.2, 0) is 9.16 Å². The Kier molecular flexibility index (Phi) is 6.91. The first-order valence-corrected chi connectivity index (χ1v) is 11.2. The van der Waals surface area contributed by atoms with Crippen LogP contribution in [0.5, 0.6) is 0 Å². The van der Waals surface area contributed by atoms with Crippen LogP contribution in [0.4, 0.5) is 0 Å². The van der Waals surface area contributed by atoms with Crippen molar-refractivity contribution in [1.29, 1.82) is 0 Å². The first-order valence-electron chi connectivity index (χ1n) is 9.11. The van der Waals surface area contributed by atoms with E-state index in [4.69, 9.17) is 9.16 Å². The number of ether oxygens (including phenoxy) is 1. The Morgan fingerprint density at radius 1 is 1.14 bits per heavy atom. The highest BCUT2D eigenvalue weighted by Gasteiger charge is 2.51. The fourth-order valence-corrected chi connectivity index (χ4v) is 10.2. The highest BCUT2D eigenvalue weighted by atomic mass is 28.4. The average molecular weight is 327 g/mol. The molecule has 0 N–H and O–H groups in total. The molecule has 130 valence electrons. The van der Waals surface area contributed by atoms with Crippen molar-refractivity contribution in [2.45, 2.75) is 109 Å². The van der Waals surface area contributed by atoms with Crippen molar-refractivity contribution in [3.8, 4) is 0 Å². The van der Waals surface area contributed by atoms with Crippen LogP contribution in [-0.4, -0.2) is 26.1 Å². The molecule has 0 aliphatic carbocycles. The van der Waals surface area contributed by atoms with Gasteiger partial charge >= 0.3 is 0 Å². The molecule has 0 aromatic heterocycles. The Morgan fingerprint density at radius 3 is 1.95 bits per heavy atom. The Bertz CT molecular complexity index is 343. The van der Waals surface area contributed by atoms with E-state index in [1.807, 2.05) is 6.08 Å². The van der Waals surface area contributed by atoms with Crippen LogP contribution < -0.4 is 0 Å².